The number of sulfone groups is 1. The maximum absolute atomic E-state index is 12.5. The molecule has 0 aromatic heterocycles. The van der Waals surface area contributed by atoms with E-state index in [1.807, 2.05) is 19.9 Å². The second-order valence-electron chi connectivity index (χ2n) is 6.00. The van der Waals surface area contributed by atoms with Gasteiger partial charge in [-0.2, -0.15) is 0 Å². The van der Waals surface area contributed by atoms with Gasteiger partial charge in [0.1, 0.15) is 10.3 Å². The van der Waals surface area contributed by atoms with E-state index < -0.39 is 20.2 Å². The van der Waals surface area contributed by atoms with E-state index in [1.165, 1.54) is 0 Å². The summed E-state index contributed by atoms with van der Waals surface area (Å²) in [5.74, 6) is 0.263. The van der Waals surface area contributed by atoms with Crippen LogP contribution in [0.4, 0.5) is 0 Å². The second kappa shape index (κ2) is 3.58. The molecule has 18 heavy (non-hydrogen) atoms. The third-order valence-electron chi connectivity index (χ3n) is 4.33. The van der Waals surface area contributed by atoms with Crippen molar-refractivity contribution in [1.82, 2.24) is 0 Å². The topological polar surface area (TPSA) is 54.4 Å². The Morgan fingerprint density at radius 1 is 1.17 bits per heavy atom. The summed E-state index contributed by atoms with van der Waals surface area (Å²) in [5.41, 5.74) is 0.138. The minimum Gasteiger partial charge on any atom is -0.384 e. The van der Waals surface area contributed by atoms with Gasteiger partial charge in [-0.05, 0) is 38.3 Å². The summed E-state index contributed by atoms with van der Waals surface area (Å²) >= 11 is 0. The first kappa shape index (κ1) is 13.6. The van der Waals surface area contributed by atoms with Gasteiger partial charge in [0.05, 0.1) is 4.90 Å². The molecule has 1 heterocycles. The number of hydrogen-bond donors (Lipinski definition) is 1. The minimum atomic E-state index is -3.50. The van der Waals surface area contributed by atoms with Gasteiger partial charge < -0.3 is 5.11 Å². The Kier molecular flexibility index (Phi) is 2.69. The normalized spacial score (nSPS) is 28.4. The molecule has 1 aliphatic heterocycles. The molecule has 0 saturated carbocycles. The second-order valence-corrected chi connectivity index (χ2v) is 8.46. The molecule has 1 aromatic rings. The van der Waals surface area contributed by atoms with Gasteiger partial charge >= 0.3 is 0 Å². The van der Waals surface area contributed by atoms with Crippen LogP contribution in [-0.4, -0.2) is 18.3 Å². The molecule has 3 nitrogen and oxygen atoms in total. The summed E-state index contributed by atoms with van der Waals surface area (Å²) in [4.78, 5) is 0.281. The van der Waals surface area contributed by atoms with E-state index in [9.17, 15) is 13.5 Å². The Morgan fingerprint density at radius 3 is 2.22 bits per heavy atom. The van der Waals surface area contributed by atoms with Gasteiger partial charge in [0.15, 0.2) is 9.84 Å². The minimum absolute atomic E-state index is 0.263. The Balaban J connectivity index is 2.80. The van der Waals surface area contributed by atoms with Crippen molar-refractivity contribution >= 4 is 9.84 Å². The predicted molar refractivity (Wildman–Crippen MR) is 71.4 cm³/mol. The summed E-state index contributed by atoms with van der Waals surface area (Å²) in [6.07, 6.45) is 0. The molecule has 0 fully saturated rings. The highest BCUT2D eigenvalue weighted by atomic mass is 32.2. The zero-order chi connectivity index (χ0) is 13.9. The molecule has 100 valence electrons. The molecule has 2 rings (SSSR count). The van der Waals surface area contributed by atoms with Gasteiger partial charge in [-0.25, -0.2) is 8.42 Å². The Hall–Kier alpha value is -0.870. The van der Waals surface area contributed by atoms with Crippen molar-refractivity contribution < 1.29 is 13.5 Å². The van der Waals surface area contributed by atoms with E-state index in [2.05, 4.69) is 0 Å². The van der Waals surface area contributed by atoms with E-state index in [4.69, 9.17) is 0 Å². The van der Waals surface area contributed by atoms with Crippen LogP contribution in [0.3, 0.4) is 0 Å². The SMILES string of the molecule is CC(C)c1ccc2c(c1)S(=O)(=O)C(C)(C)C2(C)O. The lowest BCUT2D eigenvalue weighted by molar-refractivity contribution is 0.0263. The van der Waals surface area contributed by atoms with Crippen molar-refractivity contribution in [2.45, 2.75) is 55.8 Å². The zero-order valence-corrected chi connectivity index (χ0v) is 12.3. The Bertz CT molecular complexity index is 595. The van der Waals surface area contributed by atoms with Crippen LogP contribution >= 0.6 is 0 Å². The molecule has 1 N–H and O–H groups in total. The number of benzene rings is 1. The van der Waals surface area contributed by atoms with Crippen molar-refractivity contribution in [2.75, 3.05) is 0 Å². The smallest absolute Gasteiger partial charge is 0.187 e. The van der Waals surface area contributed by atoms with Crippen LogP contribution in [0.1, 0.15) is 51.7 Å². The summed E-state index contributed by atoms with van der Waals surface area (Å²) < 4.78 is 23.9. The summed E-state index contributed by atoms with van der Waals surface area (Å²) in [6.45, 7) is 8.78. The van der Waals surface area contributed by atoms with Crippen molar-refractivity contribution in [3.8, 4) is 0 Å². The average Bonchev–Trinajstić information content (AvgIpc) is 2.36. The first-order valence-electron chi connectivity index (χ1n) is 6.15. The Labute approximate surface area is 109 Å². The van der Waals surface area contributed by atoms with E-state index in [-0.39, 0.29) is 10.8 Å². The molecule has 1 unspecified atom stereocenters. The largest absolute Gasteiger partial charge is 0.384 e. The average molecular weight is 268 g/mol. The predicted octanol–water partition coefficient (Wildman–Crippen LogP) is 2.58. The lowest BCUT2D eigenvalue weighted by Gasteiger charge is -2.31. The van der Waals surface area contributed by atoms with Crippen LogP contribution in [-0.2, 0) is 15.4 Å². The van der Waals surface area contributed by atoms with Gasteiger partial charge in [-0.15, -0.1) is 0 Å². The molecule has 0 radical (unpaired) electrons. The molecule has 1 aromatic carbocycles. The van der Waals surface area contributed by atoms with Crippen LogP contribution in [0.2, 0.25) is 0 Å². The number of aliphatic hydroxyl groups is 1. The van der Waals surface area contributed by atoms with Gasteiger partial charge in [0, 0.05) is 5.56 Å². The third kappa shape index (κ3) is 1.42. The number of hydrogen-bond acceptors (Lipinski definition) is 3. The van der Waals surface area contributed by atoms with Gasteiger partial charge in [0.25, 0.3) is 0 Å². The zero-order valence-electron chi connectivity index (χ0n) is 11.5. The van der Waals surface area contributed by atoms with Crippen LogP contribution in [0, 0.1) is 0 Å². The molecule has 1 aliphatic rings. The van der Waals surface area contributed by atoms with E-state index >= 15 is 0 Å². The summed E-state index contributed by atoms with van der Waals surface area (Å²) in [5, 5.41) is 10.6. The quantitative estimate of drug-likeness (QED) is 0.851. The van der Waals surface area contributed by atoms with Crippen LogP contribution in [0.25, 0.3) is 0 Å². The van der Waals surface area contributed by atoms with Crippen LogP contribution in [0.5, 0.6) is 0 Å². The highest BCUT2D eigenvalue weighted by molar-refractivity contribution is 7.93. The molecule has 0 bridgehead atoms. The van der Waals surface area contributed by atoms with E-state index in [0.717, 1.165) is 5.56 Å². The molecule has 4 heteroatoms. The molecule has 0 amide bonds. The maximum atomic E-state index is 12.5. The highest BCUT2D eigenvalue weighted by Gasteiger charge is 2.58. The monoisotopic (exact) mass is 268 g/mol. The Morgan fingerprint density at radius 2 is 1.72 bits per heavy atom. The van der Waals surface area contributed by atoms with Crippen LogP contribution in [0.15, 0.2) is 23.1 Å². The van der Waals surface area contributed by atoms with Gasteiger partial charge in [-0.3, -0.25) is 0 Å². The van der Waals surface area contributed by atoms with Crippen molar-refractivity contribution in [2.24, 2.45) is 0 Å². The first-order valence-corrected chi connectivity index (χ1v) is 7.63. The first-order chi connectivity index (χ1) is 8.03. The summed E-state index contributed by atoms with van der Waals surface area (Å²) in [6, 6.07) is 5.35. The molecular formula is C14H20O3S. The third-order valence-corrected chi connectivity index (χ3v) is 6.99. The summed E-state index contributed by atoms with van der Waals surface area (Å²) in [7, 11) is -3.50. The van der Waals surface area contributed by atoms with Crippen molar-refractivity contribution in [3.05, 3.63) is 29.3 Å². The maximum Gasteiger partial charge on any atom is 0.187 e. The van der Waals surface area contributed by atoms with E-state index in [0.29, 0.717) is 5.56 Å². The van der Waals surface area contributed by atoms with Crippen LogP contribution < -0.4 is 0 Å². The van der Waals surface area contributed by atoms with Gasteiger partial charge in [0.2, 0.25) is 0 Å². The highest BCUT2D eigenvalue weighted by Crippen LogP contribution is 2.50. The number of fused-ring (bicyclic) bond motifs is 1. The fraction of sp³-hybridized carbons (Fsp3) is 0.571. The number of rotatable bonds is 1. The molecule has 0 aliphatic carbocycles. The molecule has 0 saturated heterocycles. The molecule has 1 atom stereocenters. The van der Waals surface area contributed by atoms with Crippen molar-refractivity contribution in [1.29, 1.82) is 0 Å². The molecular weight excluding hydrogens is 248 g/mol. The van der Waals surface area contributed by atoms with Gasteiger partial charge in [-0.1, -0.05) is 26.0 Å². The van der Waals surface area contributed by atoms with E-state index in [1.54, 1.807) is 32.9 Å². The lowest BCUT2D eigenvalue weighted by atomic mass is 9.84. The fourth-order valence-electron chi connectivity index (χ4n) is 2.38. The fourth-order valence-corrected chi connectivity index (χ4v) is 4.41. The lowest BCUT2D eigenvalue weighted by Crippen LogP contribution is -2.44. The standard InChI is InChI=1S/C14H20O3S/c1-9(2)10-6-7-11-12(8-10)18(16,17)13(3,4)14(11,5)15/h6-9,15H,1-5H3. The molecule has 0 spiro atoms. The van der Waals surface area contributed by atoms with Crippen molar-refractivity contribution in [3.63, 3.8) is 0 Å².